The second-order valence-electron chi connectivity index (χ2n) is 7.20. The van der Waals surface area contributed by atoms with Crippen LogP contribution in [0.4, 0.5) is 0 Å². The number of carbonyl (C=O) groups excluding carboxylic acids is 1. The Hall–Kier alpha value is -3.59. The highest BCUT2D eigenvalue weighted by Crippen LogP contribution is 2.21. The van der Waals surface area contributed by atoms with Crippen LogP contribution in [0.3, 0.4) is 0 Å². The molecule has 0 saturated carbocycles. The molecule has 0 spiro atoms. The van der Waals surface area contributed by atoms with Crippen LogP contribution in [0, 0.1) is 0 Å². The quantitative estimate of drug-likeness (QED) is 0.394. The maximum atomic E-state index is 12.8. The summed E-state index contributed by atoms with van der Waals surface area (Å²) in [6, 6.07) is 26.1. The molecule has 0 aliphatic carbocycles. The number of hydrogen-bond acceptors (Lipinski definition) is 1. The minimum Gasteiger partial charge on any atom is -0.361 e. The predicted molar refractivity (Wildman–Crippen MR) is 120 cm³/mol. The molecule has 0 fully saturated rings. The normalized spacial score (nSPS) is 11.9. The summed E-state index contributed by atoms with van der Waals surface area (Å²) in [6.45, 7) is 3.86. The molecule has 29 heavy (non-hydrogen) atoms. The van der Waals surface area contributed by atoms with Crippen molar-refractivity contribution in [3.63, 3.8) is 0 Å². The predicted octanol–water partition coefficient (Wildman–Crippen LogP) is 5.75. The number of para-hydroxylation sites is 1. The number of benzene rings is 3. The van der Waals surface area contributed by atoms with Gasteiger partial charge in [-0.25, -0.2) is 0 Å². The SMILES string of the molecule is C=CC[C@@H](Cc1c[nH]c2ccccc12)NC(=O)c1ccc(-c2ccccc2)cc1. The molecule has 3 aromatic carbocycles. The molecule has 0 unspecified atom stereocenters. The van der Waals surface area contributed by atoms with E-state index in [2.05, 4.69) is 41.1 Å². The molecule has 0 aliphatic rings. The Bertz CT molecular complexity index is 1110. The van der Waals surface area contributed by atoms with E-state index < -0.39 is 0 Å². The Labute approximate surface area is 171 Å². The van der Waals surface area contributed by atoms with Gasteiger partial charge in [-0.2, -0.15) is 0 Å². The highest BCUT2D eigenvalue weighted by atomic mass is 16.1. The molecule has 1 aromatic heterocycles. The molecule has 1 amide bonds. The number of aromatic nitrogens is 1. The highest BCUT2D eigenvalue weighted by Gasteiger charge is 2.15. The van der Waals surface area contributed by atoms with Crippen molar-refractivity contribution in [2.24, 2.45) is 0 Å². The lowest BCUT2D eigenvalue weighted by Gasteiger charge is -2.17. The van der Waals surface area contributed by atoms with Crippen LogP contribution in [0.25, 0.3) is 22.0 Å². The van der Waals surface area contributed by atoms with E-state index in [9.17, 15) is 4.79 Å². The monoisotopic (exact) mass is 380 g/mol. The van der Waals surface area contributed by atoms with E-state index in [1.165, 1.54) is 10.9 Å². The van der Waals surface area contributed by atoms with E-state index in [1.807, 2.05) is 66.9 Å². The van der Waals surface area contributed by atoms with Gasteiger partial charge in [-0.15, -0.1) is 6.58 Å². The minimum absolute atomic E-state index is 0.00648. The topological polar surface area (TPSA) is 44.9 Å². The standard InChI is InChI=1S/C26H24N2O/c1-2-8-23(17-22-18-27-25-12-7-6-11-24(22)25)28-26(29)21-15-13-20(14-16-21)19-9-4-3-5-10-19/h2-7,9-16,18,23,27H,1,8,17H2,(H,28,29)/t23-/m0/s1. The number of H-pyrrole nitrogens is 1. The Kier molecular flexibility index (Phi) is 5.57. The largest absolute Gasteiger partial charge is 0.361 e. The van der Waals surface area contributed by atoms with Crippen molar-refractivity contribution in [1.29, 1.82) is 0 Å². The third kappa shape index (κ3) is 4.30. The first-order chi connectivity index (χ1) is 14.2. The number of fused-ring (bicyclic) bond motifs is 1. The van der Waals surface area contributed by atoms with Gasteiger partial charge in [0.25, 0.3) is 5.91 Å². The Balaban J connectivity index is 1.48. The highest BCUT2D eigenvalue weighted by molar-refractivity contribution is 5.95. The third-order valence-electron chi connectivity index (χ3n) is 5.18. The maximum absolute atomic E-state index is 12.8. The molecular weight excluding hydrogens is 356 g/mol. The average Bonchev–Trinajstić information content (AvgIpc) is 3.17. The molecule has 3 heteroatoms. The molecule has 0 radical (unpaired) electrons. The van der Waals surface area contributed by atoms with Gasteiger partial charge in [0, 0.05) is 28.7 Å². The van der Waals surface area contributed by atoms with E-state index in [0.717, 1.165) is 23.1 Å². The number of carbonyl (C=O) groups is 1. The van der Waals surface area contributed by atoms with Crippen LogP contribution < -0.4 is 5.32 Å². The molecule has 4 rings (SSSR count). The summed E-state index contributed by atoms with van der Waals surface area (Å²) in [6.07, 6.45) is 5.36. The zero-order valence-electron chi connectivity index (χ0n) is 16.3. The van der Waals surface area contributed by atoms with Crippen molar-refractivity contribution in [3.8, 4) is 11.1 Å². The molecular formula is C26H24N2O. The van der Waals surface area contributed by atoms with E-state index in [0.29, 0.717) is 12.0 Å². The second-order valence-corrected chi connectivity index (χ2v) is 7.20. The van der Waals surface area contributed by atoms with Crippen molar-refractivity contribution >= 4 is 16.8 Å². The van der Waals surface area contributed by atoms with E-state index >= 15 is 0 Å². The first-order valence-corrected chi connectivity index (χ1v) is 9.87. The first kappa shape index (κ1) is 18.8. The van der Waals surface area contributed by atoms with Crippen LogP contribution >= 0.6 is 0 Å². The van der Waals surface area contributed by atoms with Crippen molar-refractivity contribution in [2.45, 2.75) is 18.9 Å². The van der Waals surface area contributed by atoms with Crippen molar-refractivity contribution in [1.82, 2.24) is 10.3 Å². The average molecular weight is 380 g/mol. The summed E-state index contributed by atoms with van der Waals surface area (Å²) in [4.78, 5) is 16.1. The summed E-state index contributed by atoms with van der Waals surface area (Å²) >= 11 is 0. The van der Waals surface area contributed by atoms with Gasteiger partial charge >= 0.3 is 0 Å². The zero-order valence-corrected chi connectivity index (χ0v) is 16.3. The zero-order chi connectivity index (χ0) is 20.1. The summed E-state index contributed by atoms with van der Waals surface area (Å²) in [5.74, 6) is -0.0590. The number of amides is 1. The Morgan fingerprint density at radius 2 is 1.62 bits per heavy atom. The van der Waals surface area contributed by atoms with Gasteiger partial charge in [-0.3, -0.25) is 4.79 Å². The fraction of sp³-hybridized carbons (Fsp3) is 0.115. The summed E-state index contributed by atoms with van der Waals surface area (Å²) in [5.41, 5.74) is 5.22. The summed E-state index contributed by atoms with van der Waals surface area (Å²) < 4.78 is 0. The molecule has 0 bridgehead atoms. The van der Waals surface area contributed by atoms with E-state index in [-0.39, 0.29) is 11.9 Å². The molecule has 0 saturated heterocycles. The fourth-order valence-corrected chi connectivity index (χ4v) is 3.67. The van der Waals surface area contributed by atoms with Gasteiger partial charge < -0.3 is 10.3 Å². The van der Waals surface area contributed by atoms with Crippen LogP contribution in [0.2, 0.25) is 0 Å². The van der Waals surface area contributed by atoms with Crippen molar-refractivity contribution in [3.05, 3.63) is 109 Å². The minimum atomic E-state index is -0.0590. The van der Waals surface area contributed by atoms with E-state index in [4.69, 9.17) is 0 Å². The van der Waals surface area contributed by atoms with Crippen LogP contribution in [-0.4, -0.2) is 16.9 Å². The number of aromatic amines is 1. The number of hydrogen-bond donors (Lipinski definition) is 2. The Morgan fingerprint density at radius 1 is 0.931 bits per heavy atom. The summed E-state index contributed by atoms with van der Waals surface area (Å²) in [7, 11) is 0. The van der Waals surface area contributed by atoms with Gasteiger partial charge in [-0.05, 0) is 47.7 Å². The first-order valence-electron chi connectivity index (χ1n) is 9.87. The van der Waals surface area contributed by atoms with Crippen LogP contribution in [0.1, 0.15) is 22.3 Å². The van der Waals surface area contributed by atoms with E-state index in [1.54, 1.807) is 0 Å². The van der Waals surface area contributed by atoms with Crippen LogP contribution in [-0.2, 0) is 6.42 Å². The summed E-state index contributed by atoms with van der Waals surface area (Å²) in [5, 5.41) is 4.37. The van der Waals surface area contributed by atoms with Gasteiger partial charge in [0.2, 0.25) is 0 Å². The van der Waals surface area contributed by atoms with Gasteiger partial charge in [0.15, 0.2) is 0 Å². The fourth-order valence-electron chi connectivity index (χ4n) is 3.67. The molecule has 3 nitrogen and oxygen atoms in total. The van der Waals surface area contributed by atoms with Gasteiger partial charge in [-0.1, -0.05) is 66.7 Å². The van der Waals surface area contributed by atoms with Crippen molar-refractivity contribution < 1.29 is 4.79 Å². The molecule has 1 heterocycles. The molecule has 1 atom stereocenters. The van der Waals surface area contributed by atoms with Gasteiger partial charge in [0.1, 0.15) is 0 Å². The lowest BCUT2D eigenvalue weighted by molar-refractivity contribution is 0.0937. The number of nitrogens with one attached hydrogen (secondary N) is 2. The van der Waals surface area contributed by atoms with Crippen LogP contribution in [0.5, 0.6) is 0 Å². The third-order valence-corrected chi connectivity index (χ3v) is 5.18. The smallest absolute Gasteiger partial charge is 0.251 e. The number of rotatable bonds is 7. The van der Waals surface area contributed by atoms with Crippen LogP contribution in [0.15, 0.2) is 97.7 Å². The van der Waals surface area contributed by atoms with Gasteiger partial charge in [0.05, 0.1) is 0 Å². The molecule has 4 aromatic rings. The molecule has 0 aliphatic heterocycles. The lowest BCUT2D eigenvalue weighted by atomic mass is 10.0. The molecule has 2 N–H and O–H groups in total. The van der Waals surface area contributed by atoms with Crippen molar-refractivity contribution in [2.75, 3.05) is 0 Å². The lowest BCUT2D eigenvalue weighted by Crippen LogP contribution is -2.36. The molecule has 144 valence electrons. The maximum Gasteiger partial charge on any atom is 0.251 e. The Morgan fingerprint density at radius 3 is 2.38 bits per heavy atom. The second kappa shape index (κ2) is 8.61.